The Bertz CT molecular complexity index is 899. The van der Waals surface area contributed by atoms with Gasteiger partial charge in [0, 0.05) is 19.5 Å². The summed E-state index contributed by atoms with van der Waals surface area (Å²) in [4.78, 5) is 30.0. The Morgan fingerprint density at radius 1 is 1.40 bits per heavy atom. The quantitative estimate of drug-likeness (QED) is 0.682. The van der Waals surface area contributed by atoms with E-state index in [9.17, 15) is 23.1 Å². The zero-order valence-electron chi connectivity index (χ0n) is 10.4. The lowest BCUT2D eigenvalue weighted by Gasteiger charge is -2.08. The van der Waals surface area contributed by atoms with Crippen LogP contribution >= 0.6 is 0 Å². The molecule has 0 bridgehead atoms. The zero-order valence-corrected chi connectivity index (χ0v) is 11.2. The number of fused-ring (bicyclic) bond motifs is 1. The fraction of sp³-hybridized carbons (Fsp3) is 0.200. The van der Waals surface area contributed by atoms with Gasteiger partial charge in [0.25, 0.3) is 5.56 Å². The summed E-state index contributed by atoms with van der Waals surface area (Å²) in [6.07, 6.45) is 1.84. The largest absolute Gasteiger partial charge is 0.506 e. The number of carboxylic acid groups (broad SMARTS) is 1. The van der Waals surface area contributed by atoms with Crippen LogP contribution in [0.5, 0.6) is 5.75 Å². The molecular weight excluding hydrogens is 290 g/mol. The van der Waals surface area contributed by atoms with Crippen LogP contribution in [0.15, 0.2) is 16.1 Å². The molecule has 2 aromatic rings. The van der Waals surface area contributed by atoms with E-state index in [-0.39, 0.29) is 11.0 Å². The van der Waals surface area contributed by atoms with Crippen LogP contribution in [0.2, 0.25) is 0 Å². The van der Waals surface area contributed by atoms with Crippen LogP contribution in [0.4, 0.5) is 0 Å². The van der Waals surface area contributed by atoms with Crippen molar-refractivity contribution in [3.63, 3.8) is 0 Å². The van der Waals surface area contributed by atoms with Crippen molar-refractivity contribution < 1.29 is 23.4 Å². The Hall–Kier alpha value is -2.49. The number of aromatic carboxylic acids is 1. The summed E-state index contributed by atoms with van der Waals surface area (Å²) in [5.74, 6) is -2.40. The molecule has 0 fully saturated rings. The molecule has 0 amide bonds. The van der Waals surface area contributed by atoms with Gasteiger partial charge in [0.05, 0.1) is 5.39 Å². The van der Waals surface area contributed by atoms with Gasteiger partial charge in [0.1, 0.15) is 5.75 Å². The lowest BCUT2D eigenvalue weighted by Crippen LogP contribution is -2.25. The highest BCUT2D eigenvalue weighted by Crippen LogP contribution is 2.24. The summed E-state index contributed by atoms with van der Waals surface area (Å²) >= 11 is 0. The van der Waals surface area contributed by atoms with Crippen LogP contribution in [0.25, 0.3) is 11.0 Å². The average molecular weight is 299 g/mol. The lowest BCUT2D eigenvalue weighted by molar-refractivity contribution is 0.0691. The van der Waals surface area contributed by atoms with Gasteiger partial charge in [-0.3, -0.25) is 9.36 Å². The molecule has 0 aliphatic heterocycles. The normalized spacial score (nSPS) is 11.7. The van der Waals surface area contributed by atoms with Crippen molar-refractivity contribution >= 4 is 26.8 Å². The summed E-state index contributed by atoms with van der Waals surface area (Å²) < 4.78 is 23.6. The van der Waals surface area contributed by atoms with Gasteiger partial charge >= 0.3 is 5.97 Å². The molecule has 0 unspecified atom stereocenters. The molecule has 0 saturated carbocycles. The second kappa shape index (κ2) is 4.27. The predicted molar refractivity (Wildman–Crippen MR) is 66.5 cm³/mol. The third kappa shape index (κ3) is 1.99. The van der Waals surface area contributed by atoms with Crippen molar-refractivity contribution in [1.82, 2.24) is 14.5 Å². The SMILES string of the molecule is Cn1c(=O)c(C(=O)O)c(O)c2cnc(S(C)(=O)=O)nc21. The van der Waals surface area contributed by atoms with Crippen molar-refractivity contribution in [3.8, 4) is 5.75 Å². The molecule has 0 aromatic carbocycles. The second-order valence-corrected chi connectivity index (χ2v) is 5.96. The molecule has 0 aliphatic rings. The van der Waals surface area contributed by atoms with Crippen molar-refractivity contribution in [2.75, 3.05) is 6.26 Å². The van der Waals surface area contributed by atoms with E-state index in [0.29, 0.717) is 0 Å². The highest BCUT2D eigenvalue weighted by molar-refractivity contribution is 7.90. The Balaban J connectivity index is 3.01. The minimum Gasteiger partial charge on any atom is -0.506 e. The summed E-state index contributed by atoms with van der Waals surface area (Å²) in [6.45, 7) is 0. The molecule has 0 spiro atoms. The maximum atomic E-state index is 11.8. The number of hydrogen-bond donors (Lipinski definition) is 2. The number of carbonyl (C=O) groups is 1. The third-order valence-electron chi connectivity index (χ3n) is 2.62. The van der Waals surface area contributed by atoms with Crippen LogP contribution < -0.4 is 5.56 Å². The van der Waals surface area contributed by atoms with Gasteiger partial charge in [-0.1, -0.05) is 0 Å². The molecule has 2 heterocycles. The average Bonchev–Trinajstić information content (AvgIpc) is 2.34. The number of aromatic nitrogens is 3. The van der Waals surface area contributed by atoms with Crippen molar-refractivity contribution in [1.29, 1.82) is 0 Å². The second-order valence-electron chi connectivity index (χ2n) is 4.05. The molecule has 2 N–H and O–H groups in total. The number of carboxylic acids is 1. The van der Waals surface area contributed by atoms with Gasteiger partial charge in [-0.2, -0.15) is 4.98 Å². The van der Waals surface area contributed by atoms with Gasteiger partial charge < -0.3 is 10.2 Å². The molecule has 106 valence electrons. The van der Waals surface area contributed by atoms with Crippen molar-refractivity contribution in [2.24, 2.45) is 7.05 Å². The Kier molecular flexibility index (Phi) is 2.97. The topological polar surface area (TPSA) is 139 Å². The van der Waals surface area contributed by atoms with E-state index in [1.165, 1.54) is 7.05 Å². The van der Waals surface area contributed by atoms with E-state index in [4.69, 9.17) is 5.11 Å². The van der Waals surface area contributed by atoms with Gasteiger partial charge in [-0.15, -0.1) is 0 Å². The molecule has 2 rings (SSSR count). The van der Waals surface area contributed by atoms with Crippen LogP contribution in [0.1, 0.15) is 10.4 Å². The molecule has 9 nitrogen and oxygen atoms in total. The molecule has 20 heavy (non-hydrogen) atoms. The summed E-state index contributed by atoms with van der Waals surface area (Å²) in [6, 6.07) is 0. The molecule has 0 saturated heterocycles. The smallest absolute Gasteiger partial charge is 0.345 e. The number of pyridine rings is 1. The van der Waals surface area contributed by atoms with Gasteiger partial charge in [0.2, 0.25) is 15.0 Å². The minimum atomic E-state index is -3.70. The monoisotopic (exact) mass is 299 g/mol. The first-order valence-electron chi connectivity index (χ1n) is 5.16. The molecule has 10 heteroatoms. The standard InChI is InChI=1S/C10H9N3O6S/c1-13-7-4(3-11-10(12-7)20(2,18)19)6(14)5(8(13)15)9(16)17/h3,14H,1-2H3,(H,16,17). The highest BCUT2D eigenvalue weighted by Gasteiger charge is 2.23. The Morgan fingerprint density at radius 2 is 2.00 bits per heavy atom. The predicted octanol–water partition coefficient (Wildman–Crippen LogP) is -0.864. The number of aryl methyl sites for hydroxylation is 1. The Morgan fingerprint density at radius 3 is 2.50 bits per heavy atom. The van der Waals surface area contributed by atoms with Crippen LogP contribution in [-0.4, -0.2) is 45.4 Å². The minimum absolute atomic E-state index is 0.128. The summed E-state index contributed by atoms with van der Waals surface area (Å²) in [5.41, 5.74) is -2.00. The van der Waals surface area contributed by atoms with Gasteiger partial charge in [-0.05, 0) is 0 Å². The number of nitrogens with zero attached hydrogens (tertiary/aromatic N) is 3. The first kappa shape index (κ1) is 13.9. The van der Waals surface area contributed by atoms with Crippen LogP contribution in [0, 0.1) is 0 Å². The van der Waals surface area contributed by atoms with E-state index in [0.717, 1.165) is 17.0 Å². The molecule has 0 aliphatic carbocycles. The van der Waals surface area contributed by atoms with E-state index in [2.05, 4.69) is 9.97 Å². The van der Waals surface area contributed by atoms with E-state index in [1.54, 1.807) is 0 Å². The van der Waals surface area contributed by atoms with Crippen molar-refractivity contribution in [2.45, 2.75) is 5.16 Å². The maximum Gasteiger partial charge on any atom is 0.345 e. The summed E-state index contributed by atoms with van der Waals surface area (Å²) in [5, 5.41) is 18.0. The lowest BCUT2D eigenvalue weighted by atomic mass is 10.2. The first-order valence-corrected chi connectivity index (χ1v) is 7.05. The molecule has 2 aromatic heterocycles. The van der Waals surface area contributed by atoms with E-state index < -0.39 is 37.8 Å². The third-order valence-corrected chi connectivity index (χ3v) is 3.48. The zero-order chi connectivity index (χ0) is 15.2. The highest BCUT2D eigenvalue weighted by atomic mass is 32.2. The molecule has 0 radical (unpaired) electrons. The van der Waals surface area contributed by atoms with Gasteiger partial charge in [0.15, 0.2) is 11.2 Å². The fourth-order valence-electron chi connectivity index (χ4n) is 1.65. The van der Waals surface area contributed by atoms with Gasteiger partial charge in [-0.25, -0.2) is 18.2 Å². The van der Waals surface area contributed by atoms with Crippen molar-refractivity contribution in [3.05, 3.63) is 22.1 Å². The Labute approximate surface area is 112 Å². The molecular formula is C10H9N3O6S. The number of sulfone groups is 1. The maximum absolute atomic E-state index is 11.8. The first-order chi connectivity index (χ1) is 9.14. The van der Waals surface area contributed by atoms with Crippen LogP contribution in [-0.2, 0) is 16.9 Å². The molecule has 0 atom stereocenters. The fourth-order valence-corrected chi connectivity index (χ4v) is 2.15. The van der Waals surface area contributed by atoms with E-state index in [1.807, 2.05) is 0 Å². The summed E-state index contributed by atoms with van der Waals surface area (Å²) in [7, 11) is -2.48. The van der Waals surface area contributed by atoms with E-state index >= 15 is 0 Å². The number of hydrogen-bond acceptors (Lipinski definition) is 7. The van der Waals surface area contributed by atoms with Crippen LogP contribution in [0.3, 0.4) is 0 Å². The number of rotatable bonds is 2. The number of aromatic hydroxyl groups is 1.